The van der Waals surface area contributed by atoms with Crippen LogP contribution in [0.3, 0.4) is 0 Å². The monoisotopic (exact) mass is 431 g/mol. The van der Waals surface area contributed by atoms with E-state index < -0.39 is 10.0 Å². The molecule has 2 aromatic carbocycles. The summed E-state index contributed by atoms with van der Waals surface area (Å²) in [5, 5.41) is 4.68. The number of piperidine rings is 1. The first kappa shape index (κ1) is 20.1. The Morgan fingerprint density at radius 2 is 1.86 bits per heavy atom. The van der Waals surface area contributed by atoms with Gasteiger partial charge in [0.1, 0.15) is 0 Å². The fraction of sp³-hybridized carbons (Fsp3) is 0.333. The molecule has 3 aromatic rings. The van der Waals surface area contributed by atoms with E-state index in [4.69, 9.17) is 16.1 Å². The van der Waals surface area contributed by atoms with Crippen molar-refractivity contribution in [2.75, 3.05) is 13.1 Å². The van der Waals surface area contributed by atoms with E-state index in [9.17, 15) is 8.42 Å². The first-order valence-corrected chi connectivity index (χ1v) is 11.3. The van der Waals surface area contributed by atoms with E-state index in [1.165, 1.54) is 4.31 Å². The largest absolute Gasteiger partial charge is 0.334 e. The average Bonchev–Trinajstić information content (AvgIpc) is 3.18. The Balaban J connectivity index is 1.47. The fourth-order valence-electron chi connectivity index (χ4n) is 3.69. The number of rotatable bonds is 4. The highest BCUT2D eigenvalue weighted by molar-refractivity contribution is 7.89. The molecule has 0 spiro atoms. The molecular weight excluding hydrogens is 410 g/mol. The Labute approximate surface area is 175 Å². The van der Waals surface area contributed by atoms with Crippen LogP contribution in [0, 0.1) is 13.8 Å². The van der Waals surface area contributed by atoms with Gasteiger partial charge in [0.25, 0.3) is 5.89 Å². The van der Waals surface area contributed by atoms with Gasteiger partial charge in [0.05, 0.1) is 4.90 Å². The van der Waals surface area contributed by atoms with E-state index in [1.54, 1.807) is 25.1 Å². The minimum absolute atomic E-state index is 0.0788. The van der Waals surface area contributed by atoms with Gasteiger partial charge in [-0.15, -0.1) is 0 Å². The SMILES string of the molecule is Cc1cccc(-c2nc(C3CCN(S(=O)(=O)c4ccc(Cl)cc4C)CC3)no2)c1. The molecule has 1 saturated heterocycles. The minimum atomic E-state index is -3.55. The Hall–Kier alpha value is -2.22. The third kappa shape index (κ3) is 4.08. The Bertz CT molecular complexity index is 1140. The summed E-state index contributed by atoms with van der Waals surface area (Å²) in [6.45, 7) is 4.61. The summed E-state index contributed by atoms with van der Waals surface area (Å²) < 4.78 is 33.0. The molecule has 29 heavy (non-hydrogen) atoms. The van der Waals surface area contributed by atoms with E-state index in [0.717, 1.165) is 11.1 Å². The average molecular weight is 432 g/mol. The predicted octanol–water partition coefficient (Wildman–Crippen LogP) is 4.58. The molecule has 0 unspecified atom stereocenters. The lowest BCUT2D eigenvalue weighted by Gasteiger charge is -2.30. The van der Waals surface area contributed by atoms with E-state index in [1.807, 2.05) is 31.2 Å². The molecule has 0 bridgehead atoms. The molecule has 1 fully saturated rings. The Kier molecular flexibility index (Phi) is 5.46. The molecular formula is C21H22ClN3O3S. The number of aromatic nitrogens is 2. The molecule has 152 valence electrons. The smallest absolute Gasteiger partial charge is 0.257 e. The third-order valence-corrected chi connectivity index (χ3v) is 7.57. The number of halogens is 1. The summed E-state index contributed by atoms with van der Waals surface area (Å²) in [5.41, 5.74) is 2.67. The van der Waals surface area contributed by atoms with Crippen molar-refractivity contribution in [2.45, 2.75) is 37.5 Å². The molecule has 1 aliphatic heterocycles. The lowest BCUT2D eigenvalue weighted by Crippen LogP contribution is -2.38. The van der Waals surface area contributed by atoms with Crippen LogP contribution in [-0.4, -0.2) is 36.0 Å². The number of sulfonamides is 1. The predicted molar refractivity (Wildman–Crippen MR) is 111 cm³/mol. The van der Waals surface area contributed by atoms with Crippen LogP contribution in [0.2, 0.25) is 5.02 Å². The second-order valence-electron chi connectivity index (χ2n) is 7.42. The van der Waals surface area contributed by atoms with Crippen LogP contribution >= 0.6 is 11.6 Å². The maximum atomic E-state index is 13.0. The van der Waals surface area contributed by atoms with Crippen LogP contribution in [0.5, 0.6) is 0 Å². The van der Waals surface area contributed by atoms with E-state index in [2.05, 4.69) is 10.1 Å². The molecule has 1 aliphatic rings. The van der Waals surface area contributed by atoms with Gasteiger partial charge in [0.2, 0.25) is 10.0 Å². The van der Waals surface area contributed by atoms with Crippen LogP contribution < -0.4 is 0 Å². The Morgan fingerprint density at radius 1 is 1.10 bits per heavy atom. The van der Waals surface area contributed by atoms with Crippen molar-refractivity contribution in [3.05, 3.63) is 64.4 Å². The number of hydrogen-bond acceptors (Lipinski definition) is 5. The maximum absolute atomic E-state index is 13.0. The van der Waals surface area contributed by atoms with Crippen molar-refractivity contribution in [2.24, 2.45) is 0 Å². The second-order valence-corrected chi connectivity index (χ2v) is 9.76. The van der Waals surface area contributed by atoms with Gasteiger partial charge in [-0.1, -0.05) is 34.5 Å². The molecule has 0 saturated carbocycles. The summed E-state index contributed by atoms with van der Waals surface area (Å²) in [4.78, 5) is 4.86. The molecule has 2 heterocycles. The van der Waals surface area contributed by atoms with Crippen molar-refractivity contribution in [3.63, 3.8) is 0 Å². The molecule has 0 N–H and O–H groups in total. The summed E-state index contributed by atoms with van der Waals surface area (Å²) in [5.74, 6) is 1.21. The van der Waals surface area contributed by atoms with Crippen molar-refractivity contribution >= 4 is 21.6 Å². The molecule has 8 heteroatoms. The first-order valence-electron chi connectivity index (χ1n) is 9.51. The van der Waals surface area contributed by atoms with Crippen LogP contribution in [0.4, 0.5) is 0 Å². The van der Waals surface area contributed by atoms with Crippen molar-refractivity contribution in [1.29, 1.82) is 0 Å². The van der Waals surface area contributed by atoms with Crippen LogP contribution in [-0.2, 0) is 10.0 Å². The normalized spacial score (nSPS) is 16.2. The zero-order valence-electron chi connectivity index (χ0n) is 16.3. The van der Waals surface area contributed by atoms with Gasteiger partial charge in [-0.3, -0.25) is 0 Å². The molecule has 0 radical (unpaired) electrons. The standard InChI is InChI=1S/C21H22ClN3O3S/c1-14-4-3-5-17(12-14)21-23-20(24-28-21)16-8-10-25(11-9-16)29(26,27)19-7-6-18(22)13-15(19)2/h3-7,12-13,16H,8-11H2,1-2H3. The van der Waals surface area contributed by atoms with Crippen LogP contribution in [0.1, 0.15) is 35.7 Å². The topological polar surface area (TPSA) is 76.3 Å². The number of benzene rings is 2. The van der Waals surface area contributed by atoms with E-state index >= 15 is 0 Å². The van der Waals surface area contributed by atoms with Gasteiger partial charge < -0.3 is 4.52 Å². The van der Waals surface area contributed by atoms with Gasteiger partial charge >= 0.3 is 0 Å². The molecule has 4 rings (SSSR count). The first-order chi connectivity index (χ1) is 13.8. The van der Waals surface area contributed by atoms with E-state index in [0.29, 0.717) is 53.1 Å². The quantitative estimate of drug-likeness (QED) is 0.604. The lowest BCUT2D eigenvalue weighted by atomic mass is 9.97. The van der Waals surface area contributed by atoms with E-state index in [-0.39, 0.29) is 5.92 Å². The molecule has 0 amide bonds. The molecule has 6 nitrogen and oxygen atoms in total. The van der Waals surface area contributed by atoms with Crippen molar-refractivity contribution in [3.8, 4) is 11.5 Å². The van der Waals surface area contributed by atoms with Gasteiger partial charge in [-0.25, -0.2) is 8.42 Å². The van der Waals surface area contributed by atoms with Gasteiger partial charge in [-0.05, 0) is 62.6 Å². The van der Waals surface area contributed by atoms with Crippen molar-refractivity contribution in [1.82, 2.24) is 14.4 Å². The number of aryl methyl sites for hydroxylation is 2. The zero-order chi connectivity index (χ0) is 20.6. The maximum Gasteiger partial charge on any atom is 0.257 e. The Morgan fingerprint density at radius 3 is 2.55 bits per heavy atom. The molecule has 1 aromatic heterocycles. The van der Waals surface area contributed by atoms with Gasteiger partial charge in [0.15, 0.2) is 5.82 Å². The third-order valence-electron chi connectivity index (χ3n) is 5.28. The van der Waals surface area contributed by atoms with Gasteiger partial charge in [0, 0.05) is 29.6 Å². The van der Waals surface area contributed by atoms with Gasteiger partial charge in [-0.2, -0.15) is 9.29 Å². The minimum Gasteiger partial charge on any atom is -0.334 e. The summed E-state index contributed by atoms with van der Waals surface area (Å²) >= 11 is 5.96. The number of hydrogen-bond donors (Lipinski definition) is 0. The van der Waals surface area contributed by atoms with Crippen molar-refractivity contribution < 1.29 is 12.9 Å². The summed E-state index contributed by atoms with van der Waals surface area (Å²) in [6.07, 6.45) is 1.30. The number of nitrogens with zero attached hydrogens (tertiary/aromatic N) is 3. The fourth-order valence-corrected chi connectivity index (χ4v) is 5.59. The summed E-state index contributed by atoms with van der Waals surface area (Å²) in [6, 6.07) is 12.8. The van der Waals surface area contributed by atoms with Crippen LogP contribution in [0.15, 0.2) is 51.9 Å². The highest BCUT2D eigenvalue weighted by atomic mass is 35.5. The molecule has 0 atom stereocenters. The second kappa shape index (κ2) is 7.89. The lowest BCUT2D eigenvalue weighted by molar-refractivity contribution is 0.307. The zero-order valence-corrected chi connectivity index (χ0v) is 17.9. The highest BCUT2D eigenvalue weighted by Gasteiger charge is 2.32. The molecule has 0 aliphatic carbocycles. The highest BCUT2D eigenvalue weighted by Crippen LogP contribution is 2.31. The van der Waals surface area contributed by atoms with Crippen LogP contribution in [0.25, 0.3) is 11.5 Å². The summed E-state index contributed by atoms with van der Waals surface area (Å²) in [7, 11) is -3.55.